The van der Waals surface area contributed by atoms with Gasteiger partial charge in [-0.1, -0.05) is 6.92 Å². The second-order valence-corrected chi connectivity index (χ2v) is 4.62. The molecule has 0 radical (unpaired) electrons. The van der Waals surface area contributed by atoms with Gasteiger partial charge in [0.05, 0.1) is 5.69 Å². The molecule has 106 valence electrons. The minimum absolute atomic E-state index is 0.256. The minimum atomic E-state index is -0.256. The predicted molar refractivity (Wildman–Crippen MR) is 77.4 cm³/mol. The number of benzene rings is 1. The maximum Gasteiger partial charge on any atom is 0.148 e. The number of pyridine rings is 1. The molecule has 2 rings (SSSR count). The van der Waals surface area contributed by atoms with Crippen molar-refractivity contribution in [2.75, 3.05) is 6.54 Å². The summed E-state index contributed by atoms with van der Waals surface area (Å²) in [4.78, 5) is 4.18. The maximum atomic E-state index is 13.4. The van der Waals surface area contributed by atoms with Crippen LogP contribution in [0.2, 0.25) is 0 Å². The van der Waals surface area contributed by atoms with E-state index in [1.807, 2.05) is 19.1 Å². The Balaban J connectivity index is 2.20. The number of hydrogen-bond donors (Lipinski definition) is 1. The molecule has 0 aliphatic rings. The summed E-state index contributed by atoms with van der Waals surface area (Å²) in [6.07, 6.45) is 2.75. The third-order valence-corrected chi connectivity index (χ3v) is 2.94. The number of aryl methyl sites for hydroxylation is 1. The van der Waals surface area contributed by atoms with E-state index >= 15 is 0 Å². The number of nitrogens with one attached hydrogen (secondary N) is 1. The van der Waals surface area contributed by atoms with E-state index in [-0.39, 0.29) is 5.82 Å². The van der Waals surface area contributed by atoms with Crippen molar-refractivity contribution in [1.29, 1.82) is 0 Å². The first-order valence-electron chi connectivity index (χ1n) is 6.79. The van der Waals surface area contributed by atoms with Crippen LogP contribution in [0.15, 0.2) is 36.5 Å². The summed E-state index contributed by atoms with van der Waals surface area (Å²) in [5, 5.41) is 3.26. The van der Waals surface area contributed by atoms with E-state index in [1.165, 1.54) is 12.1 Å². The van der Waals surface area contributed by atoms with Gasteiger partial charge in [0, 0.05) is 18.3 Å². The standard InChI is InChI=1S/C16H19FN2O/c1-3-8-18-11-13-10-14(17)6-7-16(13)20-15-5-4-9-19-12(15)2/h4-7,9-10,18H,3,8,11H2,1-2H3. The summed E-state index contributed by atoms with van der Waals surface area (Å²) < 4.78 is 19.2. The molecule has 0 saturated carbocycles. The van der Waals surface area contributed by atoms with Crippen LogP contribution in [0, 0.1) is 12.7 Å². The monoisotopic (exact) mass is 274 g/mol. The Morgan fingerprint density at radius 3 is 2.85 bits per heavy atom. The van der Waals surface area contributed by atoms with Crippen LogP contribution < -0.4 is 10.1 Å². The zero-order valence-electron chi connectivity index (χ0n) is 11.8. The summed E-state index contributed by atoms with van der Waals surface area (Å²) >= 11 is 0. The van der Waals surface area contributed by atoms with Crippen molar-refractivity contribution in [2.45, 2.75) is 26.8 Å². The molecular formula is C16H19FN2O. The van der Waals surface area contributed by atoms with E-state index in [0.29, 0.717) is 18.0 Å². The van der Waals surface area contributed by atoms with Crippen LogP contribution in [0.4, 0.5) is 4.39 Å². The highest BCUT2D eigenvalue weighted by Crippen LogP contribution is 2.27. The first-order valence-corrected chi connectivity index (χ1v) is 6.79. The molecule has 1 N–H and O–H groups in total. The summed E-state index contributed by atoms with van der Waals surface area (Å²) in [6.45, 7) is 5.45. The summed E-state index contributed by atoms with van der Waals surface area (Å²) in [5.74, 6) is 1.09. The Morgan fingerprint density at radius 1 is 1.25 bits per heavy atom. The van der Waals surface area contributed by atoms with Crippen LogP contribution in [0.25, 0.3) is 0 Å². The Morgan fingerprint density at radius 2 is 2.10 bits per heavy atom. The van der Waals surface area contributed by atoms with Crippen LogP contribution in [0.5, 0.6) is 11.5 Å². The third-order valence-electron chi connectivity index (χ3n) is 2.94. The van der Waals surface area contributed by atoms with E-state index in [0.717, 1.165) is 24.2 Å². The van der Waals surface area contributed by atoms with Gasteiger partial charge in [-0.05, 0) is 50.2 Å². The fraction of sp³-hybridized carbons (Fsp3) is 0.312. The topological polar surface area (TPSA) is 34.1 Å². The van der Waals surface area contributed by atoms with E-state index in [1.54, 1.807) is 12.3 Å². The van der Waals surface area contributed by atoms with Gasteiger partial charge in [-0.15, -0.1) is 0 Å². The number of halogens is 1. The summed E-state index contributed by atoms with van der Waals surface area (Å²) in [6, 6.07) is 8.24. The van der Waals surface area contributed by atoms with Crippen LogP contribution in [0.3, 0.4) is 0 Å². The van der Waals surface area contributed by atoms with Gasteiger partial charge in [0.25, 0.3) is 0 Å². The van der Waals surface area contributed by atoms with E-state index in [9.17, 15) is 4.39 Å². The summed E-state index contributed by atoms with van der Waals surface area (Å²) in [5.41, 5.74) is 1.62. The fourth-order valence-corrected chi connectivity index (χ4v) is 1.88. The van der Waals surface area contributed by atoms with Crippen LogP contribution in [-0.4, -0.2) is 11.5 Å². The van der Waals surface area contributed by atoms with E-state index < -0.39 is 0 Å². The van der Waals surface area contributed by atoms with Crippen molar-refractivity contribution < 1.29 is 9.13 Å². The molecule has 1 aromatic carbocycles. The van der Waals surface area contributed by atoms with Crippen molar-refractivity contribution in [1.82, 2.24) is 10.3 Å². The molecular weight excluding hydrogens is 255 g/mol. The number of rotatable bonds is 6. The zero-order chi connectivity index (χ0) is 14.4. The lowest BCUT2D eigenvalue weighted by Crippen LogP contribution is -2.14. The molecule has 0 aliphatic heterocycles. The van der Waals surface area contributed by atoms with Gasteiger partial charge >= 0.3 is 0 Å². The van der Waals surface area contributed by atoms with Crippen molar-refractivity contribution in [3.63, 3.8) is 0 Å². The molecule has 0 saturated heterocycles. The first kappa shape index (κ1) is 14.5. The number of aromatic nitrogens is 1. The van der Waals surface area contributed by atoms with E-state index in [2.05, 4.69) is 17.2 Å². The molecule has 0 aliphatic carbocycles. The molecule has 0 amide bonds. The van der Waals surface area contributed by atoms with E-state index in [4.69, 9.17) is 4.74 Å². The quantitative estimate of drug-likeness (QED) is 0.813. The minimum Gasteiger partial charge on any atom is -0.455 e. The molecule has 20 heavy (non-hydrogen) atoms. The molecule has 3 nitrogen and oxygen atoms in total. The molecule has 2 aromatic rings. The second kappa shape index (κ2) is 7.01. The van der Waals surface area contributed by atoms with Crippen molar-refractivity contribution in [2.24, 2.45) is 0 Å². The molecule has 4 heteroatoms. The smallest absolute Gasteiger partial charge is 0.148 e. The Bertz CT molecular complexity index is 572. The number of ether oxygens (including phenoxy) is 1. The lowest BCUT2D eigenvalue weighted by molar-refractivity contribution is 0.463. The molecule has 1 aromatic heterocycles. The third kappa shape index (κ3) is 3.78. The van der Waals surface area contributed by atoms with Crippen LogP contribution in [-0.2, 0) is 6.54 Å². The van der Waals surface area contributed by atoms with Gasteiger partial charge in [-0.3, -0.25) is 4.98 Å². The largest absolute Gasteiger partial charge is 0.455 e. The molecule has 0 bridgehead atoms. The van der Waals surface area contributed by atoms with Crippen molar-refractivity contribution in [3.8, 4) is 11.5 Å². The molecule has 0 fully saturated rings. The van der Waals surface area contributed by atoms with Crippen molar-refractivity contribution in [3.05, 3.63) is 53.6 Å². The molecule has 0 atom stereocenters. The van der Waals surface area contributed by atoms with Gasteiger partial charge in [0.2, 0.25) is 0 Å². The van der Waals surface area contributed by atoms with Crippen molar-refractivity contribution >= 4 is 0 Å². The van der Waals surface area contributed by atoms with Crippen LogP contribution in [0.1, 0.15) is 24.6 Å². The maximum absolute atomic E-state index is 13.4. The Labute approximate surface area is 118 Å². The van der Waals surface area contributed by atoms with Gasteiger partial charge in [0.15, 0.2) is 0 Å². The normalized spacial score (nSPS) is 10.6. The number of nitrogens with zero attached hydrogens (tertiary/aromatic N) is 1. The highest BCUT2D eigenvalue weighted by atomic mass is 19.1. The van der Waals surface area contributed by atoms with Gasteiger partial charge in [0.1, 0.15) is 17.3 Å². The Hall–Kier alpha value is -1.94. The predicted octanol–water partition coefficient (Wildman–Crippen LogP) is 3.82. The SMILES string of the molecule is CCCNCc1cc(F)ccc1Oc1cccnc1C. The fourth-order valence-electron chi connectivity index (χ4n) is 1.88. The average molecular weight is 274 g/mol. The highest BCUT2D eigenvalue weighted by molar-refractivity contribution is 5.39. The zero-order valence-corrected chi connectivity index (χ0v) is 11.8. The highest BCUT2D eigenvalue weighted by Gasteiger charge is 2.08. The second-order valence-electron chi connectivity index (χ2n) is 4.62. The molecule has 0 unspecified atom stereocenters. The molecule has 1 heterocycles. The van der Waals surface area contributed by atoms with Gasteiger partial charge in [-0.25, -0.2) is 4.39 Å². The van der Waals surface area contributed by atoms with Gasteiger partial charge < -0.3 is 10.1 Å². The number of hydrogen-bond acceptors (Lipinski definition) is 3. The summed E-state index contributed by atoms with van der Waals surface area (Å²) in [7, 11) is 0. The lowest BCUT2D eigenvalue weighted by atomic mass is 10.2. The average Bonchev–Trinajstić information content (AvgIpc) is 2.44. The van der Waals surface area contributed by atoms with Crippen LogP contribution >= 0.6 is 0 Å². The lowest BCUT2D eigenvalue weighted by Gasteiger charge is -2.13. The van der Waals surface area contributed by atoms with Gasteiger partial charge in [-0.2, -0.15) is 0 Å². The first-order chi connectivity index (χ1) is 9.70. The Kier molecular flexibility index (Phi) is 5.07. The molecule has 0 spiro atoms.